The van der Waals surface area contributed by atoms with E-state index < -0.39 is 0 Å². The lowest BCUT2D eigenvalue weighted by Crippen LogP contribution is -2.51. The van der Waals surface area contributed by atoms with Crippen molar-refractivity contribution in [3.05, 3.63) is 40.5 Å². The fraction of sp³-hybridized carbons (Fsp3) is 0.471. The number of carbonyl (C=O) groups is 1. The fourth-order valence-electron chi connectivity index (χ4n) is 3.61. The molecule has 2 aliphatic heterocycles. The third-order valence-corrected chi connectivity index (χ3v) is 5.48. The lowest BCUT2D eigenvalue weighted by Gasteiger charge is -2.38. The third-order valence-electron chi connectivity index (χ3n) is 4.99. The monoisotopic (exact) mass is 379 g/mol. The predicted octanol–water partition coefficient (Wildman–Crippen LogP) is 2.50. The maximum atomic E-state index is 12.9. The summed E-state index contributed by atoms with van der Waals surface area (Å²) in [5.74, 6) is 1.03. The maximum absolute atomic E-state index is 12.9. The van der Waals surface area contributed by atoms with E-state index in [0.717, 1.165) is 38.3 Å². The lowest BCUT2D eigenvalue weighted by molar-refractivity contribution is -0.136. The molecule has 1 fully saturated rings. The number of rotatable bonds is 2. The van der Waals surface area contributed by atoms with Crippen LogP contribution in [0.25, 0.3) is 0 Å². The zero-order valence-electron chi connectivity index (χ0n) is 13.7. The number of nitrogens with zero attached hydrogens (tertiary/aromatic N) is 5. The van der Waals surface area contributed by atoms with Gasteiger partial charge in [-0.15, -0.1) is 0 Å². The molecule has 8 heteroatoms. The van der Waals surface area contributed by atoms with Gasteiger partial charge in [0.25, 0.3) is 0 Å². The molecule has 0 N–H and O–H groups in total. The molecule has 132 valence electrons. The summed E-state index contributed by atoms with van der Waals surface area (Å²) in [5, 5.41) is 1.07. The quantitative estimate of drug-likeness (QED) is 0.804. The molecule has 6 nitrogen and oxygen atoms in total. The number of halogens is 2. The van der Waals surface area contributed by atoms with Crippen LogP contribution in [0.3, 0.4) is 0 Å². The molecule has 1 saturated heterocycles. The van der Waals surface area contributed by atoms with Crippen molar-refractivity contribution in [3.8, 4) is 0 Å². The fourth-order valence-corrected chi connectivity index (χ4v) is 4.11. The maximum Gasteiger partial charge on any atom is 0.227 e. The molecule has 4 heterocycles. The molecule has 0 aliphatic carbocycles. The summed E-state index contributed by atoms with van der Waals surface area (Å²) < 4.78 is 2.10. The van der Waals surface area contributed by atoms with Crippen LogP contribution >= 0.6 is 23.2 Å². The Kier molecular flexibility index (Phi) is 4.56. The second-order valence-electron chi connectivity index (χ2n) is 6.54. The van der Waals surface area contributed by atoms with Crippen LogP contribution in [0.15, 0.2) is 24.8 Å². The van der Waals surface area contributed by atoms with Gasteiger partial charge in [0.1, 0.15) is 5.82 Å². The largest absolute Gasteiger partial charge is 0.352 e. The van der Waals surface area contributed by atoms with Gasteiger partial charge in [0.05, 0.1) is 22.3 Å². The Labute approximate surface area is 156 Å². The van der Waals surface area contributed by atoms with Gasteiger partial charge in [-0.3, -0.25) is 4.79 Å². The Hall–Kier alpha value is -1.79. The third kappa shape index (κ3) is 3.33. The summed E-state index contributed by atoms with van der Waals surface area (Å²) in [4.78, 5) is 25.4. The number of piperazine rings is 1. The van der Waals surface area contributed by atoms with E-state index in [9.17, 15) is 4.79 Å². The molecule has 0 unspecified atom stereocenters. The predicted molar refractivity (Wildman–Crippen MR) is 97.1 cm³/mol. The Balaban J connectivity index is 1.38. The van der Waals surface area contributed by atoms with Crippen molar-refractivity contribution >= 4 is 34.9 Å². The van der Waals surface area contributed by atoms with E-state index in [0.29, 0.717) is 23.1 Å². The highest BCUT2D eigenvalue weighted by Crippen LogP contribution is 2.27. The Bertz CT molecular complexity index is 785. The zero-order chi connectivity index (χ0) is 17.4. The highest BCUT2D eigenvalue weighted by molar-refractivity contribution is 6.36. The molecule has 1 atom stereocenters. The Morgan fingerprint density at radius 1 is 1.16 bits per heavy atom. The van der Waals surface area contributed by atoms with Crippen molar-refractivity contribution in [1.82, 2.24) is 19.4 Å². The summed E-state index contributed by atoms with van der Waals surface area (Å²) in [5.41, 5.74) is 1.22. The molecule has 2 aliphatic rings. The average Bonchev–Trinajstić information content (AvgIpc) is 3.09. The van der Waals surface area contributed by atoms with E-state index in [4.69, 9.17) is 23.2 Å². The second-order valence-corrected chi connectivity index (χ2v) is 7.39. The highest BCUT2D eigenvalue weighted by atomic mass is 35.5. The van der Waals surface area contributed by atoms with Crippen molar-refractivity contribution in [2.45, 2.75) is 19.4 Å². The van der Waals surface area contributed by atoms with Crippen LogP contribution in [0.5, 0.6) is 0 Å². The molecule has 4 rings (SSSR count). The number of hydrogen-bond acceptors (Lipinski definition) is 4. The second kappa shape index (κ2) is 6.84. The van der Waals surface area contributed by atoms with Gasteiger partial charge in [-0.2, -0.15) is 0 Å². The zero-order valence-corrected chi connectivity index (χ0v) is 15.2. The van der Waals surface area contributed by atoms with Crippen molar-refractivity contribution in [1.29, 1.82) is 0 Å². The van der Waals surface area contributed by atoms with E-state index in [-0.39, 0.29) is 11.8 Å². The van der Waals surface area contributed by atoms with Crippen molar-refractivity contribution in [3.63, 3.8) is 0 Å². The summed E-state index contributed by atoms with van der Waals surface area (Å²) in [6.07, 6.45) is 7.13. The first-order chi connectivity index (χ1) is 12.1. The molecule has 0 saturated carbocycles. The molecule has 25 heavy (non-hydrogen) atoms. The van der Waals surface area contributed by atoms with E-state index in [1.54, 1.807) is 12.3 Å². The van der Waals surface area contributed by atoms with Gasteiger partial charge in [-0.05, 0) is 18.9 Å². The van der Waals surface area contributed by atoms with Crippen LogP contribution in [-0.2, 0) is 17.8 Å². The normalized spacial score (nSPS) is 20.5. The Morgan fingerprint density at radius 2 is 1.96 bits per heavy atom. The molecule has 2 aromatic heterocycles. The number of pyridine rings is 1. The number of anilines is 1. The molecule has 0 bridgehead atoms. The van der Waals surface area contributed by atoms with Crippen molar-refractivity contribution < 1.29 is 4.79 Å². The van der Waals surface area contributed by atoms with Crippen LogP contribution in [0.2, 0.25) is 10.0 Å². The van der Waals surface area contributed by atoms with Gasteiger partial charge in [-0.1, -0.05) is 23.2 Å². The molecular formula is C17H19Cl2N5O. The first-order valence-corrected chi connectivity index (χ1v) is 9.21. The summed E-state index contributed by atoms with van der Waals surface area (Å²) in [6, 6.07) is 1.70. The number of amides is 1. The number of aryl methyl sites for hydroxylation is 1. The van der Waals surface area contributed by atoms with Crippen molar-refractivity contribution in [2.24, 2.45) is 5.92 Å². The minimum atomic E-state index is 0.0468. The molecule has 0 aromatic carbocycles. The van der Waals surface area contributed by atoms with Gasteiger partial charge >= 0.3 is 0 Å². The summed E-state index contributed by atoms with van der Waals surface area (Å²) >= 11 is 12.2. The topological polar surface area (TPSA) is 54.3 Å². The first-order valence-electron chi connectivity index (χ1n) is 8.45. The summed E-state index contributed by atoms with van der Waals surface area (Å²) in [7, 11) is 0. The molecule has 1 amide bonds. The lowest BCUT2D eigenvalue weighted by atomic mass is 9.96. The van der Waals surface area contributed by atoms with E-state index in [1.807, 2.05) is 17.4 Å². The van der Waals surface area contributed by atoms with Gasteiger partial charge in [0.15, 0.2) is 0 Å². The first kappa shape index (κ1) is 16.7. The van der Waals surface area contributed by atoms with Crippen LogP contribution in [0.4, 0.5) is 5.82 Å². The molecule has 0 spiro atoms. The molecule has 2 aromatic rings. The molecular weight excluding hydrogens is 361 g/mol. The van der Waals surface area contributed by atoms with Crippen LogP contribution in [0.1, 0.15) is 12.1 Å². The van der Waals surface area contributed by atoms with Gasteiger partial charge in [-0.25, -0.2) is 9.97 Å². The van der Waals surface area contributed by atoms with Crippen LogP contribution < -0.4 is 4.90 Å². The van der Waals surface area contributed by atoms with E-state index in [2.05, 4.69) is 19.4 Å². The summed E-state index contributed by atoms with van der Waals surface area (Å²) in [6.45, 7) is 3.56. The van der Waals surface area contributed by atoms with Crippen LogP contribution in [0, 0.1) is 5.92 Å². The number of hydrogen-bond donors (Lipinski definition) is 0. The van der Waals surface area contributed by atoms with Crippen molar-refractivity contribution in [2.75, 3.05) is 31.1 Å². The van der Waals surface area contributed by atoms with Gasteiger partial charge in [0.2, 0.25) is 5.91 Å². The number of fused-ring (bicyclic) bond motifs is 1. The smallest absolute Gasteiger partial charge is 0.227 e. The SMILES string of the molecule is O=C([C@H]1CCc2cncn2C1)N1CCN(c2ncc(Cl)cc2Cl)CC1. The number of imidazole rings is 1. The van der Waals surface area contributed by atoms with Crippen LogP contribution in [-0.4, -0.2) is 51.5 Å². The number of carbonyl (C=O) groups excluding carboxylic acids is 1. The van der Waals surface area contributed by atoms with Gasteiger partial charge in [0, 0.05) is 50.8 Å². The molecule has 0 radical (unpaired) electrons. The van der Waals surface area contributed by atoms with E-state index in [1.165, 1.54) is 5.69 Å². The highest BCUT2D eigenvalue weighted by Gasteiger charge is 2.30. The van der Waals surface area contributed by atoms with Gasteiger partial charge < -0.3 is 14.4 Å². The standard InChI is InChI=1S/C17H19Cl2N5O/c18-13-7-15(19)16(21-8-13)22-3-5-23(6-4-22)17(25)12-1-2-14-9-20-11-24(14)10-12/h7-9,11-12H,1-6,10H2/t12-/m0/s1. The average molecular weight is 380 g/mol. The minimum absolute atomic E-state index is 0.0468. The Morgan fingerprint density at radius 3 is 2.72 bits per heavy atom. The number of aromatic nitrogens is 3. The minimum Gasteiger partial charge on any atom is -0.352 e. The van der Waals surface area contributed by atoms with E-state index >= 15 is 0 Å².